The van der Waals surface area contributed by atoms with Crippen LogP contribution in [0.1, 0.15) is 53.9 Å². The summed E-state index contributed by atoms with van der Waals surface area (Å²) in [4.78, 5) is 51.8. The summed E-state index contributed by atoms with van der Waals surface area (Å²) in [7, 11) is 1.68. The van der Waals surface area contributed by atoms with Crippen LogP contribution in [0.5, 0.6) is 0 Å². The van der Waals surface area contributed by atoms with Gasteiger partial charge in [-0.05, 0) is 75.1 Å². The standard InChI is InChI=1S/C30H41F2NO7/c1-7-39-26(38)14-33(6)16-29(25(37)15-40-18(3)34)17(2)10-20-21-12-23(31)22-11-19(35)8-9-27(22,4)30(21,32)24(36)13-28(20,29)5/h8-9,11,17,20-21,23-24,36H,7,10,12-16H2,1-6H3/t17-,20?,21+,23+,24+,27+,28+,29-,30+/m1/s1. The molecule has 0 aromatic carbocycles. The number of halogens is 2. The van der Waals surface area contributed by atoms with Gasteiger partial charge in [0.2, 0.25) is 0 Å². The quantitative estimate of drug-likeness (QED) is 0.447. The van der Waals surface area contributed by atoms with E-state index in [1.807, 2.05) is 13.8 Å². The predicted octanol–water partition coefficient (Wildman–Crippen LogP) is 3.16. The Hall–Kier alpha value is -2.46. The number of hydrogen-bond donors (Lipinski definition) is 1. The van der Waals surface area contributed by atoms with Gasteiger partial charge < -0.3 is 14.6 Å². The van der Waals surface area contributed by atoms with Gasteiger partial charge in [0.1, 0.15) is 6.17 Å². The molecule has 3 saturated carbocycles. The lowest BCUT2D eigenvalue weighted by atomic mass is 9.43. The Morgan fingerprint density at radius 2 is 1.85 bits per heavy atom. The van der Waals surface area contributed by atoms with Crippen LogP contribution < -0.4 is 0 Å². The van der Waals surface area contributed by atoms with E-state index in [4.69, 9.17) is 9.47 Å². The highest BCUT2D eigenvalue weighted by molar-refractivity contribution is 6.01. The molecule has 0 bridgehead atoms. The van der Waals surface area contributed by atoms with Crippen molar-refractivity contribution >= 4 is 23.5 Å². The van der Waals surface area contributed by atoms with Crippen LogP contribution in [-0.2, 0) is 28.7 Å². The summed E-state index contributed by atoms with van der Waals surface area (Å²) in [6.07, 6.45) is 0.663. The van der Waals surface area contributed by atoms with Crippen molar-refractivity contribution in [2.45, 2.75) is 71.8 Å². The first-order valence-electron chi connectivity index (χ1n) is 14.1. The average Bonchev–Trinajstić information content (AvgIpc) is 3.07. The van der Waals surface area contributed by atoms with Crippen molar-refractivity contribution in [1.82, 2.24) is 4.90 Å². The highest BCUT2D eigenvalue weighted by Crippen LogP contribution is 2.73. The Bertz CT molecular complexity index is 1150. The molecule has 0 aliphatic heterocycles. The molecule has 0 aromatic rings. The number of aliphatic hydroxyl groups is 1. The van der Waals surface area contributed by atoms with E-state index in [0.717, 1.165) is 6.08 Å². The highest BCUT2D eigenvalue weighted by Gasteiger charge is 2.76. The van der Waals surface area contributed by atoms with Crippen LogP contribution in [0.3, 0.4) is 0 Å². The molecule has 40 heavy (non-hydrogen) atoms. The SMILES string of the molecule is CCOC(=O)CN(C)C[C@]1(C(=O)COC(C)=O)[C@H](C)CC2[C@@H]3C[C@H](F)C4=CC(=O)C=C[C@]4(C)[C@@]3(F)[C@@H](O)C[C@@]21C. The molecule has 0 spiro atoms. The fraction of sp³-hybridized carbons (Fsp3) is 0.733. The first-order chi connectivity index (χ1) is 18.6. The number of Topliss-reactive ketones (excluding diaryl/α,β-unsaturated/α-hetero) is 1. The van der Waals surface area contributed by atoms with E-state index < -0.39 is 70.4 Å². The van der Waals surface area contributed by atoms with E-state index >= 15 is 8.78 Å². The molecule has 8 nitrogen and oxygen atoms in total. The smallest absolute Gasteiger partial charge is 0.320 e. The van der Waals surface area contributed by atoms with Crippen molar-refractivity contribution in [3.63, 3.8) is 0 Å². The minimum atomic E-state index is -2.27. The fourth-order valence-electron chi connectivity index (χ4n) is 8.87. The van der Waals surface area contributed by atoms with E-state index in [1.165, 1.54) is 26.0 Å². The molecule has 0 aromatic heterocycles. The Morgan fingerprint density at radius 1 is 1.18 bits per heavy atom. The minimum absolute atomic E-state index is 0.0406. The molecule has 9 atom stereocenters. The normalized spacial score (nSPS) is 42.0. The minimum Gasteiger partial charge on any atom is -0.465 e. The van der Waals surface area contributed by atoms with Gasteiger partial charge in [-0.2, -0.15) is 0 Å². The Kier molecular flexibility index (Phi) is 7.95. The van der Waals surface area contributed by atoms with Gasteiger partial charge in [0, 0.05) is 24.8 Å². The highest BCUT2D eigenvalue weighted by atomic mass is 19.1. The zero-order chi connectivity index (χ0) is 29.8. The number of hydrogen-bond acceptors (Lipinski definition) is 8. The summed E-state index contributed by atoms with van der Waals surface area (Å²) in [5, 5.41) is 11.7. The number of aliphatic hydroxyl groups excluding tert-OH is 1. The van der Waals surface area contributed by atoms with Crippen LogP contribution in [0.4, 0.5) is 8.78 Å². The van der Waals surface area contributed by atoms with Gasteiger partial charge in [-0.15, -0.1) is 0 Å². The Morgan fingerprint density at radius 3 is 2.48 bits per heavy atom. The second-order valence-electron chi connectivity index (χ2n) is 12.6. The predicted molar refractivity (Wildman–Crippen MR) is 141 cm³/mol. The number of alkyl halides is 2. The van der Waals surface area contributed by atoms with E-state index in [9.17, 15) is 24.3 Å². The first kappa shape index (κ1) is 30.5. The number of likely N-dealkylation sites (N-methyl/N-ethyl adjacent to an activating group) is 1. The van der Waals surface area contributed by atoms with Crippen molar-refractivity contribution < 1.29 is 42.5 Å². The maximum atomic E-state index is 17.5. The lowest BCUT2D eigenvalue weighted by Gasteiger charge is -2.64. The van der Waals surface area contributed by atoms with Crippen LogP contribution in [-0.4, -0.2) is 84.8 Å². The van der Waals surface area contributed by atoms with Gasteiger partial charge >= 0.3 is 11.9 Å². The van der Waals surface area contributed by atoms with Crippen molar-refractivity contribution in [1.29, 1.82) is 0 Å². The molecule has 10 heteroatoms. The van der Waals surface area contributed by atoms with Gasteiger partial charge in [-0.3, -0.25) is 24.1 Å². The second kappa shape index (κ2) is 10.4. The zero-order valence-corrected chi connectivity index (χ0v) is 24.2. The summed E-state index contributed by atoms with van der Waals surface area (Å²) in [5.41, 5.74) is -6.01. The fourth-order valence-corrected chi connectivity index (χ4v) is 8.87. The summed E-state index contributed by atoms with van der Waals surface area (Å²) in [6.45, 7) is 7.83. The van der Waals surface area contributed by atoms with Gasteiger partial charge in [-0.1, -0.05) is 19.9 Å². The van der Waals surface area contributed by atoms with Crippen molar-refractivity contribution in [3.05, 3.63) is 23.8 Å². The first-order valence-corrected chi connectivity index (χ1v) is 14.1. The number of carbonyl (C=O) groups is 4. The molecule has 0 amide bonds. The molecule has 0 radical (unpaired) electrons. The van der Waals surface area contributed by atoms with Crippen molar-refractivity contribution in [2.24, 2.45) is 34.0 Å². The summed E-state index contributed by atoms with van der Waals surface area (Å²) >= 11 is 0. The van der Waals surface area contributed by atoms with Crippen LogP contribution >= 0.6 is 0 Å². The lowest BCUT2D eigenvalue weighted by molar-refractivity contribution is -0.214. The van der Waals surface area contributed by atoms with Crippen LogP contribution in [0.15, 0.2) is 23.8 Å². The second-order valence-corrected chi connectivity index (χ2v) is 12.6. The van der Waals surface area contributed by atoms with Gasteiger partial charge in [0.25, 0.3) is 0 Å². The number of ether oxygens (including phenoxy) is 2. The summed E-state index contributed by atoms with van der Waals surface area (Å²) < 4.78 is 43.6. The largest absolute Gasteiger partial charge is 0.465 e. The van der Waals surface area contributed by atoms with E-state index in [-0.39, 0.29) is 49.8 Å². The van der Waals surface area contributed by atoms with E-state index in [0.29, 0.717) is 6.42 Å². The maximum absolute atomic E-state index is 17.5. The molecule has 3 fully saturated rings. The molecule has 0 heterocycles. The topological polar surface area (TPSA) is 110 Å². The summed E-state index contributed by atoms with van der Waals surface area (Å²) in [6, 6.07) is 0. The molecule has 1 unspecified atom stereocenters. The Balaban J connectivity index is 1.80. The van der Waals surface area contributed by atoms with Crippen molar-refractivity contribution in [2.75, 3.05) is 33.4 Å². The number of allylic oxidation sites excluding steroid dienone is 4. The lowest BCUT2D eigenvalue weighted by Crippen LogP contribution is -2.70. The number of fused-ring (bicyclic) bond motifs is 5. The van der Waals surface area contributed by atoms with Crippen LogP contribution in [0.25, 0.3) is 0 Å². The molecule has 0 saturated heterocycles. The third-order valence-corrected chi connectivity index (χ3v) is 10.6. The van der Waals surface area contributed by atoms with E-state index in [2.05, 4.69) is 0 Å². The van der Waals surface area contributed by atoms with Gasteiger partial charge in [-0.25, -0.2) is 8.78 Å². The number of ketones is 2. The van der Waals surface area contributed by atoms with Crippen LogP contribution in [0.2, 0.25) is 0 Å². The molecular formula is C30H41F2NO7. The summed E-state index contributed by atoms with van der Waals surface area (Å²) in [5.74, 6) is -3.70. The third-order valence-electron chi connectivity index (χ3n) is 10.6. The zero-order valence-electron chi connectivity index (χ0n) is 24.2. The third kappa shape index (κ3) is 4.28. The van der Waals surface area contributed by atoms with Crippen molar-refractivity contribution in [3.8, 4) is 0 Å². The molecule has 4 aliphatic rings. The molecule has 1 N–H and O–H groups in total. The number of carbonyl (C=O) groups excluding carboxylic acids is 4. The van der Waals surface area contributed by atoms with Gasteiger partial charge in [0.05, 0.1) is 24.7 Å². The average molecular weight is 566 g/mol. The molecular weight excluding hydrogens is 524 g/mol. The molecule has 222 valence electrons. The number of nitrogens with zero attached hydrogens (tertiary/aromatic N) is 1. The van der Waals surface area contributed by atoms with Gasteiger partial charge in [0.15, 0.2) is 23.8 Å². The maximum Gasteiger partial charge on any atom is 0.320 e. The van der Waals surface area contributed by atoms with E-state index in [1.54, 1.807) is 18.9 Å². The Labute approximate surface area is 234 Å². The van der Waals surface area contributed by atoms with Crippen LogP contribution in [0, 0.1) is 34.0 Å². The molecule has 4 rings (SSSR count). The monoisotopic (exact) mass is 565 g/mol. The number of esters is 2. The molecule has 4 aliphatic carbocycles. The number of rotatable bonds is 8.